The summed E-state index contributed by atoms with van der Waals surface area (Å²) in [7, 11) is 0. The highest BCUT2D eigenvalue weighted by molar-refractivity contribution is 5.78. The van der Waals surface area contributed by atoms with Gasteiger partial charge in [0.25, 0.3) is 0 Å². The number of nitrogens with one attached hydrogen (secondary N) is 2. The largest absolute Gasteiger partial charge is 0.466 e. The van der Waals surface area contributed by atoms with Crippen LogP contribution in [0.2, 0.25) is 0 Å². The molecule has 1 aliphatic carbocycles. The first-order chi connectivity index (χ1) is 9.17. The zero-order chi connectivity index (χ0) is 14.1. The Balaban J connectivity index is 2.20. The van der Waals surface area contributed by atoms with E-state index in [0.717, 1.165) is 25.7 Å². The van der Waals surface area contributed by atoms with Crippen molar-refractivity contribution in [2.45, 2.75) is 38.6 Å². The third kappa shape index (κ3) is 5.87. The lowest BCUT2D eigenvalue weighted by Gasteiger charge is -2.27. The van der Waals surface area contributed by atoms with E-state index in [1.54, 1.807) is 6.08 Å². The highest BCUT2D eigenvalue weighted by Crippen LogP contribution is 2.25. The van der Waals surface area contributed by atoms with Crippen LogP contribution in [0.1, 0.15) is 32.6 Å². The molecule has 5 heteroatoms. The molecule has 1 amide bonds. The first kappa shape index (κ1) is 15.7. The third-order valence-electron chi connectivity index (χ3n) is 3.29. The van der Waals surface area contributed by atoms with E-state index >= 15 is 0 Å². The molecule has 0 saturated heterocycles. The predicted molar refractivity (Wildman–Crippen MR) is 73.6 cm³/mol. The second kappa shape index (κ2) is 8.69. The van der Waals surface area contributed by atoms with Crippen molar-refractivity contribution in [3.8, 4) is 0 Å². The average Bonchev–Trinajstić information content (AvgIpc) is 2.40. The van der Waals surface area contributed by atoms with E-state index in [4.69, 9.17) is 4.74 Å². The Labute approximate surface area is 114 Å². The maximum Gasteiger partial charge on any atom is 0.308 e. The molecule has 0 heterocycles. The monoisotopic (exact) mass is 268 g/mol. The van der Waals surface area contributed by atoms with Crippen LogP contribution in [-0.4, -0.2) is 37.6 Å². The number of amides is 1. The molecule has 1 aliphatic rings. The molecular weight excluding hydrogens is 244 g/mol. The van der Waals surface area contributed by atoms with E-state index in [9.17, 15) is 9.59 Å². The molecule has 0 aromatic rings. The first-order valence-electron chi connectivity index (χ1n) is 6.95. The van der Waals surface area contributed by atoms with Crippen LogP contribution in [0.5, 0.6) is 0 Å². The van der Waals surface area contributed by atoms with Crippen molar-refractivity contribution in [2.75, 3.05) is 19.7 Å². The summed E-state index contributed by atoms with van der Waals surface area (Å²) in [5.74, 6) is -0.0895. The van der Waals surface area contributed by atoms with E-state index in [1.807, 2.05) is 6.92 Å². The summed E-state index contributed by atoms with van der Waals surface area (Å²) >= 11 is 0. The molecule has 1 saturated carbocycles. The van der Waals surface area contributed by atoms with Crippen LogP contribution in [0.4, 0.5) is 0 Å². The molecule has 1 fully saturated rings. The molecule has 0 unspecified atom stereocenters. The van der Waals surface area contributed by atoms with Gasteiger partial charge in [0, 0.05) is 12.6 Å². The number of ether oxygens (including phenoxy) is 1. The predicted octanol–water partition coefficient (Wildman–Crippen LogP) is 1.00. The number of rotatable bonds is 7. The highest BCUT2D eigenvalue weighted by atomic mass is 16.5. The van der Waals surface area contributed by atoms with E-state index in [0.29, 0.717) is 19.7 Å². The fourth-order valence-corrected chi connectivity index (χ4v) is 2.30. The van der Waals surface area contributed by atoms with Gasteiger partial charge < -0.3 is 15.4 Å². The van der Waals surface area contributed by atoms with Crippen molar-refractivity contribution < 1.29 is 14.3 Å². The maximum atomic E-state index is 11.6. The second-order valence-corrected chi connectivity index (χ2v) is 4.79. The van der Waals surface area contributed by atoms with Crippen molar-refractivity contribution in [1.82, 2.24) is 10.6 Å². The normalized spacial score (nSPS) is 22.6. The summed E-state index contributed by atoms with van der Waals surface area (Å²) in [4.78, 5) is 23.2. The minimum Gasteiger partial charge on any atom is -0.466 e. The molecule has 2 N–H and O–H groups in total. The molecule has 19 heavy (non-hydrogen) atoms. The standard InChI is InChI=1S/C14H24N2O3/c1-3-9-15-10-13(17)16-12-7-5-11(6-8-12)14(18)19-4-2/h3,11-12,15H,1,4-10H2,2H3,(H,16,17). The highest BCUT2D eigenvalue weighted by Gasteiger charge is 2.27. The van der Waals surface area contributed by atoms with Gasteiger partial charge in [-0.25, -0.2) is 0 Å². The van der Waals surface area contributed by atoms with Crippen molar-refractivity contribution >= 4 is 11.9 Å². The van der Waals surface area contributed by atoms with Crippen LogP contribution in [0.15, 0.2) is 12.7 Å². The van der Waals surface area contributed by atoms with Gasteiger partial charge >= 0.3 is 5.97 Å². The minimum atomic E-state index is -0.0973. The van der Waals surface area contributed by atoms with E-state index in [1.165, 1.54) is 0 Å². The van der Waals surface area contributed by atoms with E-state index in [-0.39, 0.29) is 23.8 Å². The lowest BCUT2D eigenvalue weighted by atomic mass is 9.86. The van der Waals surface area contributed by atoms with Crippen LogP contribution >= 0.6 is 0 Å². The number of carbonyl (C=O) groups excluding carboxylic acids is 2. The molecule has 0 radical (unpaired) electrons. The molecule has 0 aliphatic heterocycles. The zero-order valence-electron chi connectivity index (χ0n) is 11.6. The summed E-state index contributed by atoms with van der Waals surface area (Å²) in [6, 6.07) is 0.184. The Bertz CT molecular complexity index is 310. The molecule has 0 atom stereocenters. The molecule has 0 bridgehead atoms. The van der Waals surface area contributed by atoms with Crippen LogP contribution < -0.4 is 10.6 Å². The smallest absolute Gasteiger partial charge is 0.308 e. The number of esters is 1. The quantitative estimate of drug-likeness (QED) is 0.411. The molecule has 0 aromatic carbocycles. The van der Waals surface area contributed by atoms with Crippen LogP contribution in [-0.2, 0) is 14.3 Å². The van der Waals surface area contributed by atoms with Gasteiger partial charge in [-0.15, -0.1) is 6.58 Å². The molecule has 108 valence electrons. The molecular formula is C14H24N2O3. The minimum absolute atomic E-state index is 0.00133. The fraction of sp³-hybridized carbons (Fsp3) is 0.714. The third-order valence-corrected chi connectivity index (χ3v) is 3.29. The number of carbonyl (C=O) groups is 2. The maximum absolute atomic E-state index is 11.6. The van der Waals surface area contributed by atoms with Gasteiger partial charge in [-0.2, -0.15) is 0 Å². The van der Waals surface area contributed by atoms with E-state index < -0.39 is 0 Å². The second-order valence-electron chi connectivity index (χ2n) is 4.79. The number of hydrogen-bond donors (Lipinski definition) is 2. The Kier molecular flexibility index (Phi) is 7.18. The summed E-state index contributed by atoms with van der Waals surface area (Å²) < 4.78 is 5.02. The van der Waals surface area contributed by atoms with Crippen molar-refractivity contribution in [1.29, 1.82) is 0 Å². The van der Waals surface area contributed by atoms with Crippen molar-refractivity contribution in [3.05, 3.63) is 12.7 Å². The zero-order valence-corrected chi connectivity index (χ0v) is 11.6. The van der Waals surface area contributed by atoms with Crippen molar-refractivity contribution in [3.63, 3.8) is 0 Å². The van der Waals surface area contributed by atoms with Gasteiger partial charge in [-0.3, -0.25) is 9.59 Å². The van der Waals surface area contributed by atoms with Gasteiger partial charge in [0.15, 0.2) is 0 Å². The van der Waals surface area contributed by atoms with Crippen LogP contribution in [0, 0.1) is 5.92 Å². The summed E-state index contributed by atoms with van der Waals surface area (Å²) in [5.41, 5.74) is 0. The Morgan fingerprint density at radius 1 is 1.32 bits per heavy atom. The van der Waals surface area contributed by atoms with Gasteiger partial charge in [0.2, 0.25) is 5.91 Å². The summed E-state index contributed by atoms with van der Waals surface area (Å²) in [6.45, 7) is 6.77. The Hall–Kier alpha value is -1.36. The lowest BCUT2D eigenvalue weighted by Crippen LogP contribution is -2.42. The lowest BCUT2D eigenvalue weighted by molar-refractivity contribution is -0.149. The number of hydrogen-bond acceptors (Lipinski definition) is 4. The molecule has 0 aromatic heterocycles. The van der Waals surface area contributed by atoms with Gasteiger partial charge in [-0.1, -0.05) is 6.08 Å². The molecule has 5 nitrogen and oxygen atoms in total. The average molecular weight is 268 g/mol. The molecule has 0 spiro atoms. The van der Waals surface area contributed by atoms with Gasteiger partial charge in [-0.05, 0) is 32.6 Å². The first-order valence-corrected chi connectivity index (χ1v) is 6.95. The van der Waals surface area contributed by atoms with Crippen LogP contribution in [0.25, 0.3) is 0 Å². The topological polar surface area (TPSA) is 67.4 Å². The Morgan fingerprint density at radius 2 is 2.00 bits per heavy atom. The van der Waals surface area contributed by atoms with E-state index in [2.05, 4.69) is 17.2 Å². The fourth-order valence-electron chi connectivity index (χ4n) is 2.30. The Morgan fingerprint density at radius 3 is 2.58 bits per heavy atom. The summed E-state index contributed by atoms with van der Waals surface area (Å²) in [6.07, 6.45) is 5.00. The summed E-state index contributed by atoms with van der Waals surface area (Å²) in [5, 5.41) is 5.95. The SMILES string of the molecule is C=CCNCC(=O)NC1CCC(C(=O)OCC)CC1. The van der Waals surface area contributed by atoms with Gasteiger partial charge in [0.1, 0.15) is 0 Å². The van der Waals surface area contributed by atoms with Crippen molar-refractivity contribution in [2.24, 2.45) is 5.92 Å². The van der Waals surface area contributed by atoms with Crippen LogP contribution in [0.3, 0.4) is 0 Å². The molecule has 1 rings (SSSR count). The van der Waals surface area contributed by atoms with Gasteiger partial charge in [0.05, 0.1) is 19.1 Å².